The van der Waals surface area contributed by atoms with E-state index in [9.17, 15) is 0 Å². The van der Waals surface area contributed by atoms with Crippen molar-refractivity contribution < 1.29 is 4.74 Å². The van der Waals surface area contributed by atoms with Crippen LogP contribution >= 0.6 is 0 Å². The van der Waals surface area contributed by atoms with Crippen molar-refractivity contribution in [1.29, 1.82) is 0 Å². The number of hydrogen-bond donors (Lipinski definition) is 0. The van der Waals surface area contributed by atoms with Gasteiger partial charge in [-0.05, 0) is 193 Å². The molecule has 10 rings (SSSR count). The molecule has 7 aromatic carbocycles. The zero-order valence-electron chi connectivity index (χ0n) is 36.2. The minimum absolute atomic E-state index is 0.00306. The van der Waals surface area contributed by atoms with E-state index in [2.05, 4.69) is 185 Å². The number of aromatic nitrogens is 1. The summed E-state index contributed by atoms with van der Waals surface area (Å²) in [6, 6.07) is 37.9. The predicted molar refractivity (Wildman–Crippen MR) is 250 cm³/mol. The Bertz CT molecular complexity index is 3040. The fraction of sp³-hybridized carbons (Fsp3) is 0.236. The molecule has 1 aromatic heterocycles. The largest absolute Gasteiger partial charge is 0.458 e. The number of nitrogens with zero attached hydrogens (tertiary/aromatic N) is 1. The van der Waals surface area contributed by atoms with Gasteiger partial charge in [0.2, 0.25) is 0 Å². The van der Waals surface area contributed by atoms with E-state index in [0.29, 0.717) is 0 Å². The van der Waals surface area contributed by atoms with Gasteiger partial charge in [0, 0.05) is 22.0 Å². The standard InChI is InChI=1S/C55H52BNO/c1-29-17-32(4)50(33(5)18-29)38-13-15-46-42(23-38)43-24-39(51-34(6)19-30(2)20-35(51)7)25-45-54(43)57(46)47-26-40(52-36(8)21-31(3)22-37(52)9)27-49-53(47)56(45)44-28-41(55(10,11)12)14-16-48(44)58-49/h13-28H,1-12H3. The van der Waals surface area contributed by atoms with Gasteiger partial charge in [0.1, 0.15) is 11.5 Å². The number of aryl methyl sites for hydroxylation is 9. The van der Waals surface area contributed by atoms with Gasteiger partial charge in [0.25, 0.3) is 6.71 Å². The van der Waals surface area contributed by atoms with Crippen LogP contribution in [0.4, 0.5) is 0 Å². The molecular weight excluding hydrogens is 701 g/mol. The van der Waals surface area contributed by atoms with E-state index < -0.39 is 0 Å². The summed E-state index contributed by atoms with van der Waals surface area (Å²) in [6.07, 6.45) is 0. The Hall–Kier alpha value is -5.80. The molecule has 3 heterocycles. The number of ether oxygens (including phenoxy) is 1. The minimum atomic E-state index is -0.0119. The Morgan fingerprint density at radius 2 is 0.983 bits per heavy atom. The lowest BCUT2D eigenvalue weighted by molar-refractivity contribution is 0.486. The van der Waals surface area contributed by atoms with E-state index >= 15 is 0 Å². The molecule has 0 radical (unpaired) electrons. The normalized spacial score (nSPS) is 12.9. The van der Waals surface area contributed by atoms with Gasteiger partial charge in [-0.1, -0.05) is 98.1 Å². The predicted octanol–water partition coefficient (Wildman–Crippen LogP) is 12.8. The summed E-state index contributed by atoms with van der Waals surface area (Å²) in [5, 5.41) is 2.58. The summed E-state index contributed by atoms with van der Waals surface area (Å²) in [4.78, 5) is 0. The van der Waals surface area contributed by atoms with Crippen LogP contribution in [0, 0.1) is 62.3 Å². The van der Waals surface area contributed by atoms with Crippen molar-refractivity contribution in [1.82, 2.24) is 4.57 Å². The monoisotopic (exact) mass is 753 g/mol. The van der Waals surface area contributed by atoms with Crippen molar-refractivity contribution in [3.8, 4) is 50.6 Å². The van der Waals surface area contributed by atoms with Gasteiger partial charge in [-0.15, -0.1) is 0 Å². The first kappa shape index (κ1) is 36.5. The summed E-state index contributed by atoms with van der Waals surface area (Å²) >= 11 is 0. The van der Waals surface area contributed by atoms with E-state index in [1.165, 1.54) is 133 Å². The van der Waals surface area contributed by atoms with Crippen molar-refractivity contribution in [3.05, 3.63) is 153 Å². The average molecular weight is 754 g/mol. The van der Waals surface area contributed by atoms with Crippen LogP contribution in [0.1, 0.15) is 76.4 Å². The summed E-state index contributed by atoms with van der Waals surface area (Å²) in [5.74, 6) is 1.90. The third-order valence-electron chi connectivity index (χ3n) is 13.2. The summed E-state index contributed by atoms with van der Waals surface area (Å²) in [7, 11) is 0. The van der Waals surface area contributed by atoms with Crippen LogP contribution in [0.25, 0.3) is 60.9 Å². The first-order chi connectivity index (χ1) is 27.6. The first-order valence-electron chi connectivity index (χ1n) is 20.9. The summed E-state index contributed by atoms with van der Waals surface area (Å²) in [5.41, 5.74) is 28.3. The molecule has 0 amide bonds. The van der Waals surface area contributed by atoms with E-state index in [0.717, 1.165) is 11.5 Å². The molecule has 2 aliphatic heterocycles. The first-order valence-corrected chi connectivity index (χ1v) is 20.9. The highest BCUT2D eigenvalue weighted by Crippen LogP contribution is 2.44. The smallest absolute Gasteiger partial charge is 0.256 e. The SMILES string of the molecule is Cc1cc(C)c(-c2cc3c4c(c2)-n2c5ccc(-c6c(C)cc(C)cc6C)cc5c5cc(-c6c(C)cc(C)cc6C)cc(c52)B4c2cc(C(C)(C)C)ccc2O3)c(C)c1. The number of hydrogen-bond acceptors (Lipinski definition) is 1. The molecule has 0 saturated carbocycles. The molecule has 0 fully saturated rings. The molecule has 0 saturated heterocycles. The lowest BCUT2D eigenvalue weighted by atomic mass is 9.34. The second-order valence-corrected chi connectivity index (χ2v) is 18.8. The maximum absolute atomic E-state index is 7.12. The molecule has 0 aliphatic carbocycles. The van der Waals surface area contributed by atoms with Gasteiger partial charge in [0.05, 0.1) is 5.52 Å². The molecule has 8 aromatic rings. The summed E-state index contributed by atoms with van der Waals surface area (Å²) < 4.78 is 9.70. The van der Waals surface area contributed by atoms with Crippen LogP contribution in [0.15, 0.2) is 97.1 Å². The van der Waals surface area contributed by atoms with Crippen LogP contribution in [0.2, 0.25) is 0 Å². The maximum Gasteiger partial charge on any atom is 0.256 e. The van der Waals surface area contributed by atoms with Crippen LogP contribution in [0.3, 0.4) is 0 Å². The molecule has 0 spiro atoms. The molecule has 2 nitrogen and oxygen atoms in total. The minimum Gasteiger partial charge on any atom is -0.458 e. The van der Waals surface area contributed by atoms with Crippen molar-refractivity contribution in [2.75, 3.05) is 0 Å². The lowest BCUT2D eigenvalue weighted by Gasteiger charge is -2.35. The van der Waals surface area contributed by atoms with E-state index in [-0.39, 0.29) is 12.1 Å². The zero-order chi connectivity index (χ0) is 40.7. The third kappa shape index (κ3) is 5.39. The molecular formula is C55H52BNO. The molecule has 0 N–H and O–H groups in total. The fourth-order valence-electron chi connectivity index (χ4n) is 11.1. The Morgan fingerprint density at radius 1 is 0.466 bits per heavy atom. The van der Waals surface area contributed by atoms with E-state index in [1.807, 2.05) is 0 Å². The number of benzene rings is 7. The van der Waals surface area contributed by atoms with Gasteiger partial charge >= 0.3 is 0 Å². The molecule has 0 bridgehead atoms. The number of rotatable bonds is 3. The molecule has 58 heavy (non-hydrogen) atoms. The Morgan fingerprint density at radius 3 is 1.53 bits per heavy atom. The van der Waals surface area contributed by atoms with Gasteiger partial charge in [0.15, 0.2) is 0 Å². The van der Waals surface area contributed by atoms with Crippen molar-refractivity contribution in [3.63, 3.8) is 0 Å². The second kappa shape index (κ2) is 12.6. The molecule has 0 atom stereocenters. The Labute approximate surface area is 344 Å². The van der Waals surface area contributed by atoms with Crippen LogP contribution in [-0.2, 0) is 5.41 Å². The van der Waals surface area contributed by atoms with Gasteiger partial charge < -0.3 is 9.30 Å². The quantitative estimate of drug-likeness (QED) is 0.164. The number of fused-ring (bicyclic) bond motifs is 7. The third-order valence-corrected chi connectivity index (χ3v) is 13.2. The average Bonchev–Trinajstić information content (AvgIpc) is 3.45. The molecule has 286 valence electrons. The Balaban J connectivity index is 1.38. The van der Waals surface area contributed by atoms with E-state index in [1.54, 1.807) is 0 Å². The molecule has 0 unspecified atom stereocenters. The van der Waals surface area contributed by atoms with Crippen molar-refractivity contribution in [2.24, 2.45) is 0 Å². The lowest BCUT2D eigenvalue weighted by Crippen LogP contribution is -2.58. The fourth-order valence-corrected chi connectivity index (χ4v) is 11.1. The van der Waals surface area contributed by atoms with Crippen LogP contribution < -0.4 is 21.1 Å². The van der Waals surface area contributed by atoms with Crippen LogP contribution in [-0.4, -0.2) is 11.3 Å². The highest BCUT2D eigenvalue weighted by atomic mass is 16.5. The molecule has 2 aliphatic rings. The molecule has 3 heteroatoms. The van der Waals surface area contributed by atoms with Gasteiger partial charge in [-0.2, -0.15) is 0 Å². The second-order valence-electron chi connectivity index (χ2n) is 18.8. The summed E-state index contributed by atoms with van der Waals surface area (Å²) in [6.45, 7) is 27.1. The highest BCUT2D eigenvalue weighted by Gasteiger charge is 2.42. The topological polar surface area (TPSA) is 14.2 Å². The Kier molecular flexibility index (Phi) is 7.94. The zero-order valence-corrected chi connectivity index (χ0v) is 36.2. The van der Waals surface area contributed by atoms with Crippen LogP contribution in [0.5, 0.6) is 11.5 Å². The maximum atomic E-state index is 7.12. The van der Waals surface area contributed by atoms with E-state index in [4.69, 9.17) is 4.74 Å². The highest BCUT2D eigenvalue weighted by molar-refractivity contribution is 6.99. The van der Waals surface area contributed by atoms with Crippen molar-refractivity contribution >= 4 is 44.9 Å². The van der Waals surface area contributed by atoms with Gasteiger partial charge in [-0.3, -0.25) is 0 Å². The van der Waals surface area contributed by atoms with Crippen molar-refractivity contribution in [2.45, 2.75) is 88.5 Å². The van der Waals surface area contributed by atoms with Gasteiger partial charge in [-0.25, -0.2) is 0 Å².